The maximum absolute atomic E-state index is 13.4. The molecule has 0 spiro atoms. The molecule has 6 N–H and O–H groups in total. The van der Waals surface area contributed by atoms with Crippen molar-refractivity contribution in [1.29, 1.82) is 0 Å². The van der Waals surface area contributed by atoms with Crippen molar-refractivity contribution in [1.82, 2.24) is 26.6 Å². The van der Waals surface area contributed by atoms with E-state index in [1.165, 1.54) is 12.8 Å². The molecular formula is C22H36F3N5O2. The standard InChI is InChI=1S/C22H36F3N5O2/c23-22(24,25)12-2-1-3-14(9-12)27-19-18-16(10-26-21(30-18)28-13-5-6-13)15-7-4-11(20(31)32)8-17(15)29-19/h11-19,21,26-30H,1-10H2,(H,31,32). The van der Waals surface area contributed by atoms with Gasteiger partial charge in [-0.05, 0) is 63.2 Å². The third-order valence-electron chi connectivity index (χ3n) is 8.47. The Morgan fingerprint density at radius 2 is 1.72 bits per heavy atom. The molecule has 0 aromatic heterocycles. The number of nitrogens with one attached hydrogen (secondary N) is 5. The van der Waals surface area contributed by atoms with Crippen molar-refractivity contribution in [2.45, 2.75) is 101 Å². The average Bonchev–Trinajstić information content (AvgIpc) is 3.57. The number of halogens is 3. The molecule has 5 fully saturated rings. The Bertz CT molecular complexity index is 691. The molecule has 5 aliphatic rings. The van der Waals surface area contributed by atoms with Crippen LogP contribution in [-0.2, 0) is 4.79 Å². The molecule has 10 heteroatoms. The number of fused-ring (bicyclic) bond motifs is 3. The Morgan fingerprint density at radius 3 is 2.44 bits per heavy atom. The zero-order valence-corrected chi connectivity index (χ0v) is 18.3. The molecule has 2 aliphatic heterocycles. The van der Waals surface area contributed by atoms with E-state index in [2.05, 4.69) is 26.6 Å². The molecule has 7 nitrogen and oxygen atoms in total. The van der Waals surface area contributed by atoms with Crippen LogP contribution in [0.4, 0.5) is 13.2 Å². The number of carboxylic acid groups (broad SMARTS) is 1. The number of rotatable bonds is 5. The lowest BCUT2D eigenvalue weighted by Gasteiger charge is -2.55. The summed E-state index contributed by atoms with van der Waals surface area (Å²) in [7, 11) is 0. The third-order valence-corrected chi connectivity index (χ3v) is 8.47. The lowest BCUT2D eigenvalue weighted by molar-refractivity contribution is -0.184. The SMILES string of the molecule is O=C(O)C1CCC2C(C1)NC(NC1CCCC(C(F)(F)F)C1)C1NC(NC3CC3)NCC21. The van der Waals surface area contributed by atoms with Gasteiger partial charge >= 0.3 is 12.1 Å². The fraction of sp³-hybridized carbons (Fsp3) is 0.955. The number of hydrogen-bond donors (Lipinski definition) is 6. The summed E-state index contributed by atoms with van der Waals surface area (Å²) in [4.78, 5) is 11.6. The van der Waals surface area contributed by atoms with E-state index in [1.54, 1.807) is 0 Å². The summed E-state index contributed by atoms with van der Waals surface area (Å²) < 4.78 is 40.1. The molecule has 0 amide bonds. The fourth-order valence-corrected chi connectivity index (χ4v) is 6.61. The van der Waals surface area contributed by atoms with Gasteiger partial charge < -0.3 is 5.11 Å². The van der Waals surface area contributed by atoms with E-state index in [4.69, 9.17) is 0 Å². The summed E-state index contributed by atoms with van der Waals surface area (Å²) in [6.07, 6.45) is 1.84. The van der Waals surface area contributed by atoms with Crippen molar-refractivity contribution in [3.05, 3.63) is 0 Å². The number of piperidine rings is 1. The van der Waals surface area contributed by atoms with Crippen LogP contribution in [0.3, 0.4) is 0 Å². The van der Waals surface area contributed by atoms with Crippen LogP contribution in [0, 0.1) is 23.7 Å². The Labute approximate surface area is 187 Å². The summed E-state index contributed by atoms with van der Waals surface area (Å²) in [6, 6.07) is 0.503. The molecule has 3 saturated carbocycles. The molecule has 2 heterocycles. The van der Waals surface area contributed by atoms with Crippen LogP contribution >= 0.6 is 0 Å². The first-order chi connectivity index (χ1) is 15.3. The van der Waals surface area contributed by atoms with Crippen molar-refractivity contribution >= 4 is 5.97 Å². The predicted molar refractivity (Wildman–Crippen MR) is 112 cm³/mol. The van der Waals surface area contributed by atoms with Gasteiger partial charge in [-0.1, -0.05) is 6.42 Å². The second kappa shape index (κ2) is 9.02. The van der Waals surface area contributed by atoms with Crippen LogP contribution in [0.2, 0.25) is 0 Å². The van der Waals surface area contributed by atoms with Crippen LogP contribution < -0.4 is 26.6 Å². The highest BCUT2D eigenvalue weighted by Crippen LogP contribution is 2.41. The summed E-state index contributed by atoms with van der Waals surface area (Å²) in [5, 5.41) is 27.6. The largest absolute Gasteiger partial charge is 0.481 e. The summed E-state index contributed by atoms with van der Waals surface area (Å²) in [6.45, 7) is 0.830. The van der Waals surface area contributed by atoms with Crippen molar-refractivity contribution in [2.75, 3.05) is 6.54 Å². The van der Waals surface area contributed by atoms with E-state index in [0.717, 1.165) is 19.4 Å². The molecule has 0 radical (unpaired) electrons. The van der Waals surface area contributed by atoms with E-state index in [1.807, 2.05) is 0 Å². The molecule has 2 saturated heterocycles. The number of aliphatic carboxylic acids is 1. The van der Waals surface area contributed by atoms with Gasteiger partial charge in [0, 0.05) is 30.7 Å². The van der Waals surface area contributed by atoms with Gasteiger partial charge in [0.15, 0.2) is 0 Å². The second-order valence-electron chi connectivity index (χ2n) is 10.7. The highest BCUT2D eigenvalue weighted by molar-refractivity contribution is 5.70. The van der Waals surface area contributed by atoms with Crippen LogP contribution in [-0.4, -0.2) is 60.4 Å². The zero-order chi connectivity index (χ0) is 22.5. The van der Waals surface area contributed by atoms with Crippen LogP contribution in [0.1, 0.15) is 57.8 Å². The topological polar surface area (TPSA) is 97.5 Å². The fourth-order valence-electron chi connectivity index (χ4n) is 6.61. The minimum atomic E-state index is -4.14. The second-order valence-corrected chi connectivity index (χ2v) is 10.7. The van der Waals surface area contributed by atoms with E-state index in [0.29, 0.717) is 37.1 Å². The van der Waals surface area contributed by atoms with Crippen LogP contribution in [0.15, 0.2) is 0 Å². The maximum Gasteiger partial charge on any atom is 0.391 e. The Balaban J connectivity index is 1.30. The Morgan fingerprint density at radius 1 is 0.906 bits per heavy atom. The van der Waals surface area contributed by atoms with Crippen LogP contribution in [0.25, 0.3) is 0 Å². The van der Waals surface area contributed by atoms with Gasteiger partial charge in [0.2, 0.25) is 0 Å². The van der Waals surface area contributed by atoms with E-state index in [-0.39, 0.29) is 49.3 Å². The first-order valence-corrected chi connectivity index (χ1v) is 12.3. The molecule has 182 valence electrons. The molecular weight excluding hydrogens is 423 g/mol. The lowest BCUT2D eigenvalue weighted by atomic mass is 9.66. The average molecular weight is 460 g/mol. The van der Waals surface area contributed by atoms with E-state index >= 15 is 0 Å². The van der Waals surface area contributed by atoms with Gasteiger partial charge in [-0.25, -0.2) is 0 Å². The predicted octanol–water partition coefficient (Wildman–Crippen LogP) is 1.71. The van der Waals surface area contributed by atoms with E-state index in [9.17, 15) is 23.1 Å². The monoisotopic (exact) mass is 459 g/mol. The van der Waals surface area contributed by atoms with Crippen molar-refractivity contribution in [3.8, 4) is 0 Å². The number of hydrogen-bond acceptors (Lipinski definition) is 6. The lowest BCUT2D eigenvalue weighted by Crippen LogP contribution is -2.77. The molecule has 9 atom stereocenters. The smallest absolute Gasteiger partial charge is 0.391 e. The molecule has 0 aromatic carbocycles. The van der Waals surface area contributed by atoms with Crippen LogP contribution in [0.5, 0.6) is 0 Å². The van der Waals surface area contributed by atoms with Crippen molar-refractivity contribution in [3.63, 3.8) is 0 Å². The number of alkyl halides is 3. The van der Waals surface area contributed by atoms with Gasteiger partial charge in [-0.3, -0.25) is 31.4 Å². The number of carboxylic acids is 1. The van der Waals surface area contributed by atoms with Gasteiger partial charge in [-0.2, -0.15) is 13.2 Å². The quantitative estimate of drug-likeness (QED) is 0.373. The first kappa shape index (κ1) is 22.8. The molecule has 3 aliphatic carbocycles. The van der Waals surface area contributed by atoms with Gasteiger partial charge in [-0.15, -0.1) is 0 Å². The highest BCUT2D eigenvalue weighted by atomic mass is 19.4. The zero-order valence-electron chi connectivity index (χ0n) is 18.3. The molecule has 9 unspecified atom stereocenters. The summed E-state index contributed by atoms with van der Waals surface area (Å²) >= 11 is 0. The minimum Gasteiger partial charge on any atom is -0.481 e. The van der Waals surface area contributed by atoms with Crippen molar-refractivity contribution in [2.24, 2.45) is 23.7 Å². The van der Waals surface area contributed by atoms with Crippen molar-refractivity contribution < 1.29 is 23.1 Å². The van der Waals surface area contributed by atoms with Gasteiger partial charge in [0.05, 0.1) is 18.0 Å². The van der Waals surface area contributed by atoms with Gasteiger partial charge in [0.1, 0.15) is 6.29 Å². The summed E-state index contributed by atoms with van der Waals surface area (Å²) in [5.74, 6) is -1.65. The first-order valence-electron chi connectivity index (χ1n) is 12.3. The minimum absolute atomic E-state index is 0.00367. The third kappa shape index (κ3) is 4.94. The van der Waals surface area contributed by atoms with Gasteiger partial charge in [0.25, 0.3) is 0 Å². The molecule has 0 bridgehead atoms. The molecule has 5 rings (SSSR count). The molecule has 0 aromatic rings. The number of carbonyl (C=O) groups is 1. The summed E-state index contributed by atoms with van der Waals surface area (Å²) in [5.41, 5.74) is 0. The Hall–Kier alpha value is -0.940. The highest BCUT2D eigenvalue weighted by Gasteiger charge is 2.51. The maximum atomic E-state index is 13.4. The Kier molecular flexibility index (Phi) is 6.43. The van der Waals surface area contributed by atoms with E-state index < -0.39 is 18.1 Å². The normalized spacial score (nSPS) is 45.0. The molecule has 32 heavy (non-hydrogen) atoms.